The first-order chi connectivity index (χ1) is 15.8. The molecule has 3 aromatic carbocycles. The highest BCUT2D eigenvalue weighted by molar-refractivity contribution is 7.99. The number of nitrogens with zero attached hydrogens (tertiary/aromatic N) is 1. The Bertz CT molecular complexity index is 1180. The molecule has 0 heterocycles. The summed E-state index contributed by atoms with van der Waals surface area (Å²) in [7, 11) is -3.96. The largest absolute Gasteiger partial charge is 0.354 e. The molecule has 0 fully saturated rings. The number of hydrogen-bond donors (Lipinski definition) is 1. The van der Waals surface area contributed by atoms with Crippen molar-refractivity contribution in [2.24, 2.45) is 0 Å². The van der Waals surface area contributed by atoms with Gasteiger partial charge in [-0.15, -0.1) is 11.8 Å². The lowest BCUT2D eigenvalue weighted by molar-refractivity contribution is -0.119. The van der Waals surface area contributed by atoms with Crippen molar-refractivity contribution in [1.29, 1.82) is 0 Å². The van der Waals surface area contributed by atoms with E-state index in [4.69, 9.17) is 11.6 Å². The van der Waals surface area contributed by atoms with Crippen LogP contribution >= 0.6 is 23.4 Å². The number of carbonyl (C=O) groups is 1. The Morgan fingerprint density at radius 2 is 1.70 bits per heavy atom. The van der Waals surface area contributed by atoms with Gasteiger partial charge in [-0.3, -0.25) is 9.10 Å². The second kappa shape index (κ2) is 11.6. The summed E-state index contributed by atoms with van der Waals surface area (Å²) >= 11 is 7.97. The first-order valence-electron chi connectivity index (χ1n) is 10.6. The van der Waals surface area contributed by atoms with Crippen LogP contribution in [0.5, 0.6) is 0 Å². The summed E-state index contributed by atoms with van der Waals surface area (Å²) < 4.78 is 27.9. The predicted molar refractivity (Wildman–Crippen MR) is 137 cm³/mol. The summed E-state index contributed by atoms with van der Waals surface area (Å²) in [6, 6.07) is 21.6. The maximum atomic E-state index is 13.4. The number of thioether (sulfide) groups is 1. The number of nitrogens with one attached hydrogen (secondary N) is 1. The highest BCUT2D eigenvalue weighted by Crippen LogP contribution is 2.28. The van der Waals surface area contributed by atoms with Gasteiger partial charge in [0.05, 0.1) is 10.6 Å². The Morgan fingerprint density at radius 1 is 1.00 bits per heavy atom. The Hall–Kier alpha value is -2.48. The molecule has 0 aliphatic heterocycles. The average Bonchev–Trinajstić information content (AvgIpc) is 2.80. The van der Waals surface area contributed by atoms with Crippen LogP contribution in [0.2, 0.25) is 5.02 Å². The van der Waals surface area contributed by atoms with E-state index in [2.05, 4.69) is 5.32 Å². The molecule has 0 radical (unpaired) electrons. The smallest absolute Gasteiger partial charge is 0.264 e. The van der Waals surface area contributed by atoms with Gasteiger partial charge in [0, 0.05) is 16.5 Å². The number of aryl methyl sites for hydroxylation is 2. The zero-order valence-corrected chi connectivity index (χ0v) is 21.0. The number of rotatable bonds is 10. The van der Waals surface area contributed by atoms with E-state index < -0.39 is 10.0 Å². The number of amides is 1. The van der Waals surface area contributed by atoms with Crippen LogP contribution in [0.1, 0.15) is 17.5 Å². The lowest BCUT2D eigenvalue weighted by atomic mass is 10.2. The molecule has 0 atom stereocenters. The highest BCUT2D eigenvalue weighted by Gasteiger charge is 2.27. The third-order valence-corrected chi connectivity index (χ3v) is 8.29. The molecular weight excluding hydrogens is 476 g/mol. The molecule has 3 aromatic rings. The normalized spacial score (nSPS) is 11.2. The van der Waals surface area contributed by atoms with Crippen molar-refractivity contribution in [3.8, 4) is 0 Å². The van der Waals surface area contributed by atoms with Crippen molar-refractivity contribution in [2.45, 2.75) is 30.1 Å². The Balaban J connectivity index is 1.69. The molecule has 174 valence electrons. The van der Waals surface area contributed by atoms with Crippen molar-refractivity contribution in [3.05, 3.63) is 88.9 Å². The van der Waals surface area contributed by atoms with Crippen LogP contribution in [0, 0.1) is 13.8 Å². The van der Waals surface area contributed by atoms with Crippen LogP contribution in [0.3, 0.4) is 0 Å². The van der Waals surface area contributed by atoms with Gasteiger partial charge in [-0.25, -0.2) is 8.42 Å². The van der Waals surface area contributed by atoms with Crippen LogP contribution in [-0.4, -0.2) is 33.2 Å². The molecule has 0 saturated carbocycles. The summed E-state index contributed by atoms with van der Waals surface area (Å²) in [6.07, 6.45) is 0.770. The van der Waals surface area contributed by atoms with Crippen LogP contribution < -0.4 is 9.62 Å². The highest BCUT2D eigenvalue weighted by atomic mass is 35.5. The van der Waals surface area contributed by atoms with Gasteiger partial charge in [-0.05, 0) is 68.0 Å². The number of hydrogen-bond acceptors (Lipinski definition) is 4. The van der Waals surface area contributed by atoms with E-state index in [-0.39, 0.29) is 17.3 Å². The first-order valence-corrected chi connectivity index (χ1v) is 13.4. The molecule has 0 spiro atoms. The number of anilines is 1. The third kappa shape index (κ3) is 7.00. The molecule has 8 heteroatoms. The van der Waals surface area contributed by atoms with Gasteiger partial charge < -0.3 is 5.32 Å². The van der Waals surface area contributed by atoms with E-state index in [1.54, 1.807) is 54.2 Å². The second-order valence-corrected chi connectivity index (χ2v) is 11.1. The van der Waals surface area contributed by atoms with Crippen molar-refractivity contribution in [2.75, 3.05) is 23.1 Å². The Kier molecular flexibility index (Phi) is 8.83. The molecule has 33 heavy (non-hydrogen) atoms. The molecule has 1 N–H and O–H groups in total. The SMILES string of the molecule is Cc1ccc(S(=O)(=O)N(CC(=O)NCCCSc2ccccc2)c2ccc(C)c(Cl)c2)cc1. The molecule has 5 nitrogen and oxygen atoms in total. The van der Waals surface area contributed by atoms with E-state index in [9.17, 15) is 13.2 Å². The minimum atomic E-state index is -3.96. The zero-order chi connectivity index (χ0) is 23.8. The first kappa shape index (κ1) is 25.1. The number of halogens is 1. The maximum absolute atomic E-state index is 13.4. The fraction of sp³-hybridized carbons (Fsp3) is 0.240. The quantitative estimate of drug-likeness (QED) is 0.295. The summed E-state index contributed by atoms with van der Waals surface area (Å²) in [4.78, 5) is 14.0. The average molecular weight is 503 g/mol. The lowest BCUT2D eigenvalue weighted by Gasteiger charge is -2.24. The van der Waals surface area contributed by atoms with Gasteiger partial charge in [0.1, 0.15) is 6.54 Å². The molecule has 0 unspecified atom stereocenters. The van der Waals surface area contributed by atoms with Gasteiger partial charge in [-0.1, -0.05) is 53.6 Å². The van der Waals surface area contributed by atoms with Gasteiger partial charge in [0.2, 0.25) is 5.91 Å². The fourth-order valence-corrected chi connectivity index (χ4v) is 5.54. The molecule has 0 aromatic heterocycles. The van der Waals surface area contributed by atoms with E-state index in [0.29, 0.717) is 17.3 Å². The van der Waals surface area contributed by atoms with Crippen molar-refractivity contribution < 1.29 is 13.2 Å². The van der Waals surface area contributed by atoms with E-state index in [1.165, 1.54) is 4.90 Å². The third-order valence-electron chi connectivity index (χ3n) is 4.99. The van der Waals surface area contributed by atoms with Gasteiger partial charge >= 0.3 is 0 Å². The minimum Gasteiger partial charge on any atom is -0.354 e. The lowest BCUT2D eigenvalue weighted by Crippen LogP contribution is -2.41. The predicted octanol–water partition coefficient (Wildman–Crippen LogP) is 5.45. The second-order valence-electron chi connectivity index (χ2n) is 7.62. The Labute approximate surface area is 205 Å². The number of sulfonamides is 1. The van der Waals surface area contributed by atoms with Crippen LogP contribution in [0.4, 0.5) is 5.69 Å². The molecule has 0 aliphatic rings. The summed E-state index contributed by atoms with van der Waals surface area (Å²) in [6.45, 7) is 3.86. The summed E-state index contributed by atoms with van der Waals surface area (Å²) in [5, 5.41) is 3.28. The molecular formula is C25H27ClN2O3S2. The Morgan fingerprint density at radius 3 is 2.36 bits per heavy atom. The number of benzene rings is 3. The molecule has 0 aliphatic carbocycles. The standard InChI is InChI=1S/C25H27ClN2O3S2/c1-19-9-13-23(14-10-19)33(30,31)28(21-12-11-20(2)24(26)17-21)18-25(29)27-15-6-16-32-22-7-4-3-5-8-22/h3-5,7-14,17H,6,15-16,18H2,1-2H3,(H,27,29). The topological polar surface area (TPSA) is 66.5 Å². The maximum Gasteiger partial charge on any atom is 0.264 e. The van der Waals surface area contributed by atoms with Crippen LogP contribution in [-0.2, 0) is 14.8 Å². The van der Waals surface area contributed by atoms with Gasteiger partial charge in [0.25, 0.3) is 10.0 Å². The molecule has 0 saturated heterocycles. The minimum absolute atomic E-state index is 0.122. The van der Waals surface area contributed by atoms with E-state index >= 15 is 0 Å². The zero-order valence-electron chi connectivity index (χ0n) is 18.6. The molecule has 3 rings (SSSR count). The van der Waals surface area contributed by atoms with Crippen LogP contribution in [0.25, 0.3) is 0 Å². The van der Waals surface area contributed by atoms with Gasteiger partial charge in [-0.2, -0.15) is 0 Å². The summed E-state index contributed by atoms with van der Waals surface area (Å²) in [5.74, 6) is 0.482. The fourth-order valence-electron chi connectivity index (χ4n) is 3.08. The van der Waals surface area contributed by atoms with Crippen molar-refractivity contribution in [1.82, 2.24) is 5.32 Å². The van der Waals surface area contributed by atoms with Gasteiger partial charge in [0.15, 0.2) is 0 Å². The van der Waals surface area contributed by atoms with Crippen molar-refractivity contribution >= 4 is 45.0 Å². The van der Waals surface area contributed by atoms with Crippen molar-refractivity contribution in [3.63, 3.8) is 0 Å². The van der Waals surface area contributed by atoms with Crippen LogP contribution in [0.15, 0.2) is 82.6 Å². The number of carbonyl (C=O) groups excluding carboxylic acids is 1. The molecule has 0 bridgehead atoms. The van der Waals surface area contributed by atoms with E-state index in [1.807, 2.05) is 44.2 Å². The molecule has 1 amide bonds. The monoisotopic (exact) mass is 502 g/mol. The van der Waals surface area contributed by atoms with E-state index in [0.717, 1.165) is 27.6 Å². The summed E-state index contributed by atoms with van der Waals surface area (Å²) in [5.41, 5.74) is 2.12.